The lowest BCUT2D eigenvalue weighted by atomic mass is 9.93. The van der Waals surface area contributed by atoms with Gasteiger partial charge in [-0.05, 0) is 24.5 Å². The Kier molecular flexibility index (Phi) is 3.84. The van der Waals surface area contributed by atoms with Gasteiger partial charge in [0.2, 0.25) is 0 Å². The number of hydrogen-bond acceptors (Lipinski definition) is 3. The highest BCUT2D eigenvalue weighted by molar-refractivity contribution is 5.32. The monoisotopic (exact) mass is 203 g/mol. The first-order chi connectivity index (χ1) is 7.16. The normalized spacial score (nSPS) is 14.3. The molecule has 0 aromatic heterocycles. The molecule has 0 saturated heterocycles. The van der Waals surface area contributed by atoms with Gasteiger partial charge in [0.05, 0.1) is 6.07 Å². The number of benzene rings is 1. The number of nitrogens with one attached hydrogen (secondary N) is 1. The largest absolute Gasteiger partial charge is 0.270 e. The standard InChI is InChI=1S/C12H17N3/c1-3-4-10-5-7-11(8-6-10)12(2,9-13)15-14/h5-8,15H,3-4,14H2,1-2H3. The van der Waals surface area contributed by atoms with Crippen molar-refractivity contribution < 1.29 is 0 Å². The zero-order chi connectivity index (χ0) is 11.3. The highest BCUT2D eigenvalue weighted by atomic mass is 15.3. The summed E-state index contributed by atoms with van der Waals surface area (Å²) < 4.78 is 0. The van der Waals surface area contributed by atoms with Gasteiger partial charge in [-0.3, -0.25) is 5.84 Å². The maximum absolute atomic E-state index is 9.02. The number of hydrogen-bond donors (Lipinski definition) is 2. The van der Waals surface area contributed by atoms with E-state index >= 15 is 0 Å². The van der Waals surface area contributed by atoms with Crippen LogP contribution in [0.3, 0.4) is 0 Å². The van der Waals surface area contributed by atoms with Crippen LogP contribution in [0.4, 0.5) is 0 Å². The van der Waals surface area contributed by atoms with Gasteiger partial charge >= 0.3 is 0 Å². The van der Waals surface area contributed by atoms with Crippen LogP contribution < -0.4 is 11.3 Å². The number of nitrogens with two attached hydrogens (primary N) is 1. The van der Waals surface area contributed by atoms with E-state index in [1.54, 1.807) is 6.92 Å². The molecule has 3 nitrogen and oxygen atoms in total. The van der Waals surface area contributed by atoms with Gasteiger partial charge in [-0.25, -0.2) is 5.43 Å². The summed E-state index contributed by atoms with van der Waals surface area (Å²) in [5, 5.41) is 9.02. The Balaban J connectivity index is 2.93. The molecule has 0 fully saturated rings. The Labute approximate surface area is 90.9 Å². The first-order valence-corrected chi connectivity index (χ1v) is 5.14. The van der Waals surface area contributed by atoms with Gasteiger partial charge in [-0.1, -0.05) is 37.6 Å². The van der Waals surface area contributed by atoms with Crippen molar-refractivity contribution in [1.82, 2.24) is 5.43 Å². The molecule has 0 spiro atoms. The Morgan fingerprint density at radius 3 is 2.40 bits per heavy atom. The fraction of sp³-hybridized carbons (Fsp3) is 0.417. The minimum Gasteiger partial charge on any atom is -0.270 e. The molecule has 1 aromatic carbocycles. The lowest BCUT2D eigenvalue weighted by Crippen LogP contribution is -2.42. The summed E-state index contributed by atoms with van der Waals surface area (Å²) in [6.45, 7) is 3.91. The molecule has 0 radical (unpaired) electrons. The molecule has 0 saturated carbocycles. The number of nitriles is 1. The van der Waals surface area contributed by atoms with Crippen molar-refractivity contribution in [1.29, 1.82) is 5.26 Å². The molecular weight excluding hydrogens is 186 g/mol. The van der Waals surface area contributed by atoms with E-state index in [1.165, 1.54) is 5.56 Å². The van der Waals surface area contributed by atoms with Crippen LogP contribution in [0, 0.1) is 11.3 Å². The van der Waals surface area contributed by atoms with Gasteiger partial charge in [-0.15, -0.1) is 0 Å². The van der Waals surface area contributed by atoms with E-state index in [-0.39, 0.29) is 0 Å². The summed E-state index contributed by atoms with van der Waals surface area (Å²) in [4.78, 5) is 0. The quantitative estimate of drug-likeness (QED) is 0.580. The van der Waals surface area contributed by atoms with Crippen LogP contribution in [0.2, 0.25) is 0 Å². The van der Waals surface area contributed by atoms with Crippen LogP contribution in [0.1, 0.15) is 31.4 Å². The summed E-state index contributed by atoms with van der Waals surface area (Å²) >= 11 is 0. The molecule has 0 aliphatic rings. The third kappa shape index (κ3) is 2.56. The topological polar surface area (TPSA) is 61.8 Å². The number of hydrazine groups is 1. The summed E-state index contributed by atoms with van der Waals surface area (Å²) in [7, 11) is 0. The van der Waals surface area contributed by atoms with Crippen molar-refractivity contribution in [3.63, 3.8) is 0 Å². The van der Waals surface area contributed by atoms with Gasteiger partial charge < -0.3 is 0 Å². The Hall–Kier alpha value is -1.37. The van der Waals surface area contributed by atoms with Gasteiger partial charge in [0.15, 0.2) is 0 Å². The minimum absolute atomic E-state index is 0.801. The molecule has 3 heteroatoms. The number of nitrogens with zero attached hydrogens (tertiary/aromatic N) is 1. The van der Waals surface area contributed by atoms with Crippen molar-refractivity contribution in [2.75, 3.05) is 0 Å². The van der Waals surface area contributed by atoms with Crippen LogP contribution in [-0.4, -0.2) is 0 Å². The van der Waals surface area contributed by atoms with Crippen LogP contribution >= 0.6 is 0 Å². The molecule has 3 N–H and O–H groups in total. The predicted molar refractivity (Wildman–Crippen MR) is 60.7 cm³/mol. The van der Waals surface area contributed by atoms with Crippen molar-refractivity contribution in [3.05, 3.63) is 35.4 Å². The molecule has 1 unspecified atom stereocenters. The molecule has 15 heavy (non-hydrogen) atoms. The molecule has 0 amide bonds. The Morgan fingerprint density at radius 1 is 1.40 bits per heavy atom. The maximum Gasteiger partial charge on any atom is 0.141 e. The highest BCUT2D eigenvalue weighted by Crippen LogP contribution is 2.19. The van der Waals surface area contributed by atoms with Gasteiger partial charge in [-0.2, -0.15) is 5.26 Å². The van der Waals surface area contributed by atoms with Crippen LogP contribution in [0.15, 0.2) is 24.3 Å². The summed E-state index contributed by atoms with van der Waals surface area (Å²) in [5.41, 5.74) is 3.92. The Bertz CT molecular complexity index is 350. The van der Waals surface area contributed by atoms with E-state index in [0.29, 0.717) is 0 Å². The van der Waals surface area contributed by atoms with E-state index in [4.69, 9.17) is 11.1 Å². The highest BCUT2D eigenvalue weighted by Gasteiger charge is 2.23. The lowest BCUT2D eigenvalue weighted by molar-refractivity contribution is 0.482. The van der Waals surface area contributed by atoms with E-state index in [2.05, 4.69) is 18.4 Å². The van der Waals surface area contributed by atoms with E-state index in [1.807, 2.05) is 24.3 Å². The van der Waals surface area contributed by atoms with Crippen molar-refractivity contribution in [2.24, 2.45) is 5.84 Å². The predicted octanol–water partition coefficient (Wildman–Crippen LogP) is 1.84. The molecule has 80 valence electrons. The van der Waals surface area contributed by atoms with Gasteiger partial charge in [0.1, 0.15) is 5.54 Å². The third-order valence-corrected chi connectivity index (χ3v) is 2.58. The lowest BCUT2D eigenvalue weighted by Gasteiger charge is -2.20. The first-order valence-electron chi connectivity index (χ1n) is 5.14. The minimum atomic E-state index is -0.801. The van der Waals surface area contributed by atoms with Gasteiger partial charge in [0, 0.05) is 0 Å². The molecule has 0 aliphatic carbocycles. The van der Waals surface area contributed by atoms with E-state index in [9.17, 15) is 0 Å². The van der Waals surface area contributed by atoms with Crippen LogP contribution in [-0.2, 0) is 12.0 Å². The van der Waals surface area contributed by atoms with Crippen molar-refractivity contribution in [3.8, 4) is 6.07 Å². The SMILES string of the molecule is CCCc1ccc(C(C)(C#N)NN)cc1. The summed E-state index contributed by atoms with van der Waals surface area (Å²) in [6, 6.07) is 10.2. The molecule has 1 atom stereocenters. The molecule has 1 aromatic rings. The Morgan fingerprint density at radius 2 is 2.00 bits per heavy atom. The maximum atomic E-state index is 9.02. The smallest absolute Gasteiger partial charge is 0.141 e. The number of rotatable bonds is 4. The molecule has 0 bridgehead atoms. The van der Waals surface area contributed by atoms with Crippen LogP contribution in [0.25, 0.3) is 0 Å². The molecular formula is C12H17N3. The molecule has 0 heterocycles. The zero-order valence-corrected chi connectivity index (χ0v) is 9.25. The average molecular weight is 203 g/mol. The molecule has 0 aliphatic heterocycles. The number of aryl methyl sites for hydroxylation is 1. The summed E-state index contributed by atoms with van der Waals surface area (Å²) in [5.74, 6) is 5.37. The average Bonchev–Trinajstić information content (AvgIpc) is 2.29. The molecule has 1 rings (SSSR count). The van der Waals surface area contributed by atoms with E-state index < -0.39 is 5.54 Å². The van der Waals surface area contributed by atoms with Crippen LogP contribution in [0.5, 0.6) is 0 Å². The zero-order valence-electron chi connectivity index (χ0n) is 9.25. The second kappa shape index (κ2) is 4.92. The van der Waals surface area contributed by atoms with E-state index in [0.717, 1.165) is 18.4 Å². The third-order valence-electron chi connectivity index (χ3n) is 2.58. The second-order valence-corrected chi connectivity index (χ2v) is 3.83. The van der Waals surface area contributed by atoms with Crippen molar-refractivity contribution >= 4 is 0 Å². The fourth-order valence-electron chi connectivity index (χ4n) is 1.47. The fourth-order valence-corrected chi connectivity index (χ4v) is 1.47. The first kappa shape index (κ1) is 11.7. The summed E-state index contributed by atoms with van der Waals surface area (Å²) in [6.07, 6.45) is 2.20. The second-order valence-electron chi connectivity index (χ2n) is 3.83. The van der Waals surface area contributed by atoms with Gasteiger partial charge in [0.25, 0.3) is 0 Å². The van der Waals surface area contributed by atoms with Crippen molar-refractivity contribution in [2.45, 2.75) is 32.2 Å².